The van der Waals surface area contributed by atoms with E-state index >= 15 is 0 Å². The topological polar surface area (TPSA) is 9.23 Å². The zero-order valence-electron chi connectivity index (χ0n) is 5.52. The summed E-state index contributed by atoms with van der Waals surface area (Å²) in [7, 11) is 1.57. The summed E-state index contributed by atoms with van der Waals surface area (Å²) in [6.45, 7) is 5.45. The van der Waals surface area contributed by atoms with E-state index in [1.807, 2.05) is 6.92 Å². The van der Waals surface area contributed by atoms with Crippen molar-refractivity contribution in [2.24, 2.45) is 0 Å². The summed E-state index contributed by atoms with van der Waals surface area (Å²) in [5.41, 5.74) is 0.833. The molecule has 1 nitrogen and oxygen atoms in total. The van der Waals surface area contributed by atoms with E-state index in [4.69, 9.17) is 4.74 Å². The van der Waals surface area contributed by atoms with Crippen molar-refractivity contribution in [1.29, 1.82) is 0 Å². The number of hydrogen-bond acceptors (Lipinski definition) is 1. The van der Waals surface area contributed by atoms with Crippen LogP contribution in [0.2, 0.25) is 0 Å². The molecule has 0 amide bonds. The first-order chi connectivity index (χ1) is 4.16. The Balaban J connectivity index is 3.88. The zero-order chi connectivity index (χ0) is 7.28. The van der Waals surface area contributed by atoms with E-state index in [-0.39, 0.29) is 0 Å². The SMILES string of the molecule is C=C(C)C#C[C](=[Cr])OC. The molecule has 0 saturated carbocycles. The second-order valence-electron chi connectivity index (χ2n) is 1.52. The van der Waals surface area contributed by atoms with Gasteiger partial charge in [0.25, 0.3) is 0 Å². The maximum atomic E-state index is 4.75. The van der Waals surface area contributed by atoms with E-state index in [0.717, 1.165) is 5.57 Å². The molecule has 0 aromatic heterocycles. The summed E-state index contributed by atoms with van der Waals surface area (Å²) in [5, 5.41) is 0. The first-order valence-corrected chi connectivity index (χ1v) is 3.06. The standard InChI is InChI=1S/C7H8O.Cr/c1-7(2)5-4-6-8-3;/h1H2,2-3H3;. The van der Waals surface area contributed by atoms with Crippen molar-refractivity contribution in [2.75, 3.05) is 7.11 Å². The predicted octanol–water partition coefficient (Wildman–Crippen LogP) is 0.889. The number of rotatable bonds is 1. The third-order valence-electron chi connectivity index (χ3n) is 0.563. The van der Waals surface area contributed by atoms with Gasteiger partial charge in [0, 0.05) is 0 Å². The first-order valence-electron chi connectivity index (χ1n) is 2.42. The van der Waals surface area contributed by atoms with E-state index in [1.165, 1.54) is 0 Å². The van der Waals surface area contributed by atoms with Gasteiger partial charge in [-0.15, -0.1) is 0 Å². The van der Waals surface area contributed by atoms with E-state index in [9.17, 15) is 0 Å². The molecule has 0 unspecified atom stereocenters. The molecule has 2 heteroatoms. The van der Waals surface area contributed by atoms with Gasteiger partial charge in [-0.2, -0.15) is 0 Å². The van der Waals surface area contributed by atoms with Crippen LogP contribution < -0.4 is 0 Å². The molecule has 0 aliphatic carbocycles. The van der Waals surface area contributed by atoms with Gasteiger partial charge >= 0.3 is 63.2 Å². The fourth-order valence-corrected chi connectivity index (χ4v) is 0.288. The van der Waals surface area contributed by atoms with Gasteiger partial charge in [-0.25, -0.2) is 0 Å². The quantitative estimate of drug-likeness (QED) is 0.517. The molecule has 0 radical (unpaired) electrons. The van der Waals surface area contributed by atoms with Crippen LogP contribution in [-0.2, 0) is 20.6 Å². The Morgan fingerprint density at radius 2 is 2.11 bits per heavy atom. The predicted molar refractivity (Wildman–Crippen MR) is 34.6 cm³/mol. The van der Waals surface area contributed by atoms with Crippen LogP contribution in [0.4, 0.5) is 0 Å². The first kappa shape index (κ1) is 8.66. The van der Waals surface area contributed by atoms with Gasteiger partial charge in [-0.1, -0.05) is 0 Å². The van der Waals surface area contributed by atoms with Crippen LogP contribution in [0.3, 0.4) is 0 Å². The Labute approximate surface area is 63.7 Å². The van der Waals surface area contributed by atoms with E-state index in [0.29, 0.717) is 4.57 Å². The Kier molecular flexibility index (Phi) is 4.36. The molecule has 0 aliphatic rings. The molecule has 0 fully saturated rings. The van der Waals surface area contributed by atoms with Gasteiger partial charge in [0.15, 0.2) is 0 Å². The van der Waals surface area contributed by atoms with Crippen LogP contribution in [0, 0.1) is 11.8 Å². The maximum absolute atomic E-state index is 4.75. The molecule has 48 valence electrons. The third kappa shape index (κ3) is 5.53. The van der Waals surface area contributed by atoms with Crippen LogP contribution in [0.1, 0.15) is 6.92 Å². The van der Waals surface area contributed by atoms with E-state index in [1.54, 1.807) is 7.11 Å². The van der Waals surface area contributed by atoms with Crippen LogP contribution in [0.15, 0.2) is 12.2 Å². The van der Waals surface area contributed by atoms with Gasteiger partial charge in [0.2, 0.25) is 0 Å². The van der Waals surface area contributed by atoms with Crippen molar-refractivity contribution in [3.05, 3.63) is 12.2 Å². The fourth-order valence-electron chi connectivity index (χ4n) is 0.209. The van der Waals surface area contributed by atoms with Gasteiger partial charge in [0.1, 0.15) is 0 Å². The molecular weight excluding hydrogens is 152 g/mol. The van der Waals surface area contributed by atoms with Crippen molar-refractivity contribution in [3.8, 4) is 11.8 Å². The molecular formula is C7H8CrO. The molecule has 0 spiro atoms. The summed E-state index contributed by atoms with van der Waals surface area (Å²) >= 11 is 2.66. The summed E-state index contributed by atoms with van der Waals surface area (Å²) in [4.78, 5) is 0. The fraction of sp³-hybridized carbons (Fsp3) is 0.286. The summed E-state index contributed by atoms with van der Waals surface area (Å²) < 4.78 is 5.34. The summed E-state index contributed by atoms with van der Waals surface area (Å²) in [6, 6.07) is 0. The molecule has 0 saturated heterocycles. The zero-order valence-corrected chi connectivity index (χ0v) is 6.80. The van der Waals surface area contributed by atoms with Crippen molar-refractivity contribution in [3.63, 3.8) is 0 Å². The molecule has 0 heterocycles. The van der Waals surface area contributed by atoms with Crippen LogP contribution in [-0.4, -0.2) is 11.7 Å². The number of methoxy groups -OCH3 is 1. The molecule has 0 aromatic carbocycles. The van der Waals surface area contributed by atoms with Crippen LogP contribution in [0.5, 0.6) is 0 Å². The number of allylic oxidation sites excluding steroid dienone is 1. The van der Waals surface area contributed by atoms with Gasteiger partial charge in [-0.3, -0.25) is 0 Å². The Hall–Kier alpha value is -0.338. The second kappa shape index (κ2) is 4.53. The molecule has 0 atom stereocenters. The molecule has 0 N–H and O–H groups in total. The molecule has 9 heavy (non-hydrogen) atoms. The second-order valence-corrected chi connectivity index (χ2v) is 2.10. The van der Waals surface area contributed by atoms with Crippen LogP contribution >= 0.6 is 0 Å². The Morgan fingerprint density at radius 3 is 2.44 bits per heavy atom. The van der Waals surface area contributed by atoms with E-state index in [2.05, 4.69) is 34.3 Å². The third-order valence-corrected chi connectivity index (χ3v) is 0.983. The van der Waals surface area contributed by atoms with Crippen molar-refractivity contribution in [1.82, 2.24) is 0 Å². The monoisotopic (exact) mass is 160 g/mol. The summed E-state index contributed by atoms with van der Waals surface area (Å²) in [6.07, 6.45) is 0. The minimum absolute atomic E-state index is 0.595. The van der Waals surface area contributed by atoms with Gasteiger partial charge < -0.3 is 0 Å². The number of hydrogen-bond donors (Lipinski definition) is 0. The molecule has 0 aromatic rings. The minimum atomic E-state index is 0.595. The Morgan fingerprint density at radius 1 is 1.56 bits per heavy atom. The number of ether oxygens (including phenoxy) is 1. The molecule has 0 rings (SSSR count). The van der Waals surface area contributed by atoms with E-state index < -0.39 is 0 Å². The van der Waals surface area contributed by atoms with Gasteiger partial charge in [0.05, 0.1) is 0 Å². The summed E-state index contributed by atoms with van der Waals surface area (Å²) in [5.74, 6) is 5.48. The van der Waals surface area contributed by atoms with Gasteiger partial charge in [-0.05, 0) is 0 Å². The normalized spacial score (nSPS) is 7.33. The average molecular weight is 160 g/mol. The van der Waals surface area contributed by atoms with Crippen molar-refractivity contribution < 1.29 is 20.6 Å². The molecule has 0 aliphatic heterocycles. The average Bonchev–Trinajstić information content (AvgIpc) is 1.83. The van der Waals surface area contributed by atoms with Crippen molar-refractivity contribution in [2.45, 2.75) is 6.92 Å². The molecule has 0 bridgehead atoms. The Bertz CT molecular complexity index is 183. The van der Waals surface area contributed by atoms with Crippen LogP contribution in [0.25, 0.3) is 0 Å². The van der Waals surface area contributed by atoms with Crippen molar-refractivity contribution >= 4 is 4.57 Å².